The van der Waals surface area contributed by atoms with E-state index in [-0.39, 0.29) is 23.7 Å². The number of carbonyl (C=O) groups excluding carboxylic acids is 1. The molecule has 0 saturated carbocycles. The Hall–Kier alpha value is -2.80. The van der Waals surface area contributed by atoms with Crippen molar-refractivity contribution in [2.45, 2.75) is 37.6 Å². The molecule has 2 aliphatic heterocycles. The molecule has 7 heteroatoms. The summed E-state index contributed by atoms with van der Waals surface area (Å²) in [6.07, 6.45) is 7.56. The zero-order valence-electron chi connectivity index (χ0n) is 16.9. The van der Waals surface area contributed by atoms with Gasteiger partial charge in [-0.1, -0.05) is 6.07 Å². The first kappa shape index (κ1) is 19.2. The van der Waals surface area contributed by atoms with Crippen molar-refractivity contribution in [1.29, 1.82) is 0 Å². The largest absolute Gasteiger partial charge is 0.342 e. The van der Waals surface area contributed by atoms with Crippen molar-refractivity contribution in [3.8, 4) is 0 Å². The Bertz CT molecular complexity index is 1020. The van der Waals surface area contributed by atoms with Gasteiger partial charge in [0.15, 0.2) is 0 Å². The first-order chi connectivity index (χ1) is 14.7. The lowest BCUT2D eigenvalue weighted by Crippen LogP contribution is -2.45. The molecule has 5 rings (SSSR count). The van der Waals surface area contributed by atoms with Crippen LogP contribution in [0.3, 0.4) is 0 Å². The number of likely N-dealkylation sites (tertiary alicyclic amines) is 2. The lowest BCUT2D eigenvalue weighted by molar-refractivity contribution is -0.138. The lowest BCUT2D eigenvalue weighted by Gasteiger charge is -2.36. The van der Waals surface area contributed by atoms with Gasteiger partial charge in [-0.05, 0) is 68.6 Å². The van der Waals surface area contributed by atoms with Crippen molar-refractivity contribution in [3.05, 3.63) is 59.9 Å². The SMILES string of the molecule is O=C(C(c1cccnc1)N1CCCC1)N1CCC(c2nc3ccc(F)cc3[nH]2)CC1. The van der Waals surface area contributed by atoms with Gasteiger partial charge in [0.2, 0.25) is 5.91 Å². The number of hydrogen-bond acceptors (Lipinski definition) is 4. The summed E-state index contributed by atoms with van der Waals surface area (Å²) in [5.74, 6) is 1.07. The fraction of sp³-hybridized carbons (Fsp3) is 0.435. The predicted octanol–water partition coefficient (Wildman–Crippen LogP) is 3.64. The molecule has 0 aliphatic carbocycles. The van der Waals surface area contributed by atoms with Crippen LogP contribution in [0.2, 0.25) is 0 Å². The van der Waals surface area contributed by atoms with Crippen LogP contribution >= 0.6 is 0 Å². The van der Waals surface area contributed by atoms with Gasteiger partial charge in [0.05, 0.1) is 11.0 Å². The second-order valence-corrected chi connectivity index (χ2v) is 8.32. The van der Waals surface area contributed by atoms with Crippen LogP contribution in [-0.4, -0.2) is 56.8 Å². The van der Waals surface area contributed by atoms with Crippen LogP contribution in [0, 0.1) is 5.82 Å². The second kappa shape index (κ2) is 8.14. The number of nitrogens with zero attached hydrogens (tertiary/aromatic N) is 4. The molecule has 0 spiro atoms. The van der Waals surface area contributed by atoms with Gasteiger partial charge >= 0.3 is 0 Å². The first-order valence-electron chi connectivity index (χ1n) is 10.8. The zero-order valence-corrected chi connectivity index (χ0v) is 16.9. The van der Waals surface area contributed by atoms with E-state index in [2.05, 4.69) is 19.9 Å². The summed E-state index contributed by atoms with van der Waals surface area (Å²) in [7, 11) is 0. The number of aromatic nitrogens is 3. The van der Waals surface area contributed by atoms with E-state index in [0.29, 0.717) is 13.1 Å². The van der Waals surface area contributed by atoms with E-state index in [1.54, 1.807) is 12.3 Å². The monoisotopic (exact) mass is 407 g/mol. The smallest absolute Gasteiger partial charge is 0.244 e. The predicted molar refractivity (Wildman–Crippen MR) is 112 cm³/mol. The normalized spacial score (nSPS) is 19.4. The highest BCUT2D eigenvalue weighted by Crippen LogP contribution is 2.32. The minimum absolute atomic E-state index is 0.176. The molecule has 1 N–H and O–H groups in total. The molecule has 6 nitrogen and oxygen atoms in total. The molecule has 2 fully saturated rings. The van der Waals surface area contributed by atoms with Crippen LogP contribution in [-0.2, 0) is 4.79 Å². The number of aromatic amines is 1. The Balaban J connectivity index is 1.30. The zero-order chi connectivity index (χ0) is 20.5. The number of halogens is 1. The third-order valence-corrected chi connectivity index (χ3v) is 6.40. The number of piperidine rings is 1. The van der Waals surface area contributed by atoms with Gasteiger partial charge in [-0.15, -0.1) is 0 Å². The molecule has 156 valence electrons. The highest BCUT2D eigenvalue weighted by atomic mass is 19.1. The number of H-pyrrole nitrogens is 1. The van der Waals surface area contributed by atoms with E-state index in [4.69, 9.17) is 0 Å². The minimum atomic E-state index is -0.263. The minimum Gasteiger partial charge on any atom is -0.342 e. The maximum absolute atomic E-state index is 13.5. The molecule has 4 heterocycles. The quantitative estimate of drug-likeness (QED) is 0.717. The van der Waals surface area contributed by atoms with Gasteiger partial charge in [-0.25, -0.2) is 9.37 Å². The number of carbonyl (C=O) groups is 1. The summed E-state index contributed by atoms with van der Waals surface area (Å²) in [5, 5.41) is 0. The van der Waals surface area contributed by atoms with Crippen LogP contribution in [0.25, 0.3) is 11.0 Å². The van der Waals surface area contributed by atoms with E-state index in [0.717, 1.165) is 61.2 Å². The Morgan fingerprint density at radius 1 is 1.13 bits per heavy atom. The standard InChI is InChI=1S/C23H26FN5O/c24-18-5-6-19-20(14-18)27-22(26-19)16-7-12-29(13-8-16)23(30)21(28-10-1-2-11-28)17-4-3-9-25-15-17/h3-6,9,14-16,21H,1-2,7-8,10-13H2,(H,26,27). The maximum Gasteiger partial charge on any atom is 0.244 e. The average Bonchev–Trinajstić information content (AvgIpc) is 3.44. The topological polar surface area (TPSA) is 65.1 Å². The van der Waals surface area contributed by atoms with Crippen molar-refractivity contribution in [1.82, 2.24) is 24.8 Å². The third-order valence-electron chi connectivity index (χ3n) is 6.40. The van der Waals surface area contributed by atoms with Gasteiger partial charge in [-0.3, -0.25) is 14.7 Å². The third kappa shape index (κ3) is 3.69. The van der Waals surface area contributed by atoms with Gasteiger partial charge in [-0.2, -0.15) is 0 Å². The van der Waals surface area contributed by atoms with E-state index in [9.17, 15) is 9.18 Å². The fourth-order valence-corrected chi connectivity index (χ4v) is 4.79. The Labute approximate surface area is 175 Å². The van der Waals surface area contributed by atoms with Gasteiger partial charge < -0.3 is 9.88 Å². The fourth-order valence-electron chi connectivity index (χ4n) is 4.79. The highest BCUT2D eigenvalue weighted by Gasteiger charge is 2.35. The molecule has 3 aromatic rings. The molecular weight excluding hydrogens is 381 g/mol. The van der Waals surface area contributed by atoms with E-state index in [1.165, 1.54) is 12.1 Å². The van der Waals surface area contributed by atoms with Crippen molar-refractivity contribution in [2.75, 3.05) is 26.2 Å². The number of amides is 1. The molecule has 2 saturated heterocycles. The number of benzene rings is 1. The Kier molecular flexibility index (Phi) is 5.21. The summed E-state index contributed by atoms with van der Waals surface area (Å²) < 4.78 is 13.5. The number of imidazole rings is 1. The molecule has 0 bridgehead atoms. The molecule has 30 heavy (non-hydrogen) atoms. The van der Waals surface area contributed by atoms with Crippen molar-refractivity contribution in [2.24, 2.45) is 0 Å². The van der Waals surface area contributed by atoms with Crippen molar-refractivity contribution >= 4 is 16.9 Å². The number of fused-ring (bicyclic) bond motifs is 1. The Morgan fingerprint density at radius 3 is 2.67 bits per heavy atom. The van der Waals surface area contributed by atoms with Crippen LogP contribution < -0.4 is 0 Å². The molecule has 1 atom stereocenters. The summed E-state index contributed by atoms with van der Waals surface area (Å²) in [6.45, 7) is 3.33. The van der Waals surface area contributed by atoms with Crippen molar-refractivity contribution < 1.29 is 9.18 Å². The molecule has 1 aromatic carbocycles. The number of rotatable bonds is 4. The van der Waals surface area contributed by atoms with Crippen LogP contribution in [0.4, 0.5) is 4.39 Å². The molecule has 0 radical (unpaired) electrons. The van der Waals surface area contributed by atoms with E-state index in [1.807, 2.05) is 23.2 Å². The van der Waals surface area contributed by atoms with Crippen LogP contribution in [0.1, 0.15) is 49.0 Å². The summed E-state index contributed by atoms with van der Waals surface area (Å²) >= 11 is 0. The molecule has 1 unspecified atom stereocenters. The van der Waals surface area contributed by atoms with Gasteiger partial charge in [0.1, 0.15) is 17.7 Å². The second-order valence-electron chi connectivity index (χ2n) is 8.32. The highest BCUT2D eigenvalue weighted by molar-refractivity contribution is 5.83. The number of nitrogens with one attached hydrogen (secondary N) is 1. The van der Waals surface area contributed by atoms with Crippen molar-refractivity contribution in [3.63, 3.8) is 0 Å². The molecule has 2 aliphatic rings. The first-order valence-corrected chi connectivity index (χ1v) is 10.8. The average molecular weight is 407 g/mol. The summed E-state index contributed by atoms with van der Waals surface area (Å²) in [5.41, 5.74) is 2.50. The molecule has 1 amide bonds. The van der Waals surface area contributed by atoms with Crippen LogP contribution in [0.5, 0.6) is 0 Å². The summed E-state index contributed by atoms with van der Waals surface area (Å²) in [6, 6.07) is 8.30. The number of pyridine rings is 1. The maximum atomic E-state index is 13.5. The van der Waals surface area contributed by atoms with E-state index >= 15 is 0 Å². The van der Waals surface area contributed by atoms with Gasteiger partial charge in [0.25, 0.3) is 0 Å². The Morgan fingerprint density at radius 2 is 1.93 bits per heavy atom. The molecular formula is C23H26FN5O. The number of hydrogen-bond donors (Lipinski definition) is 1. The summed E-state index contributed by atoms with van der Waals surface area (Å²) in [4.78, 5) is 30.0. The lowest BCUT2D eigenvalue weighted by atomic mass is 9.95. The van der Waals surface area contributed by atoms with E-state index < -0.39 is 0 Å². The van der Waals surface area contributed by atoms with Crippen LogP contribution in [0.15, 0.2) is 42.7 Å². The van der Waals surface area contributed by atoms with Gasteiger partial charge in [0, 0.05) is 31.4 Å². The molecule has 2 aromatic heterocycles.